The van der Waals surface area contributed by atoms with Crippen LogP contribution in [0.5, 0.6) is 5.75 Å². The van der Waals surface area contributed by atoms with E-state index in [2.05, 4.69) is 68.6 Å². The minimum Gasteiger partial charge on any atom is -0.490 e. The second-order valence-electron chi connectivity index (χ2n) is 10.6. The highest BCUT2D eigenvalue weighted by atomic mass is 16.5. The summed E-state index contributed by atoms with van der Waals surface area (Å²) in [5.74, 6) is 2.66. The number of ether oxygens (including phenoxy) is 1. The molecular weight excluding hydrogens is 426 g/mol. The van der Waals surface area contributed by atoms with E-state index in [1.807, 2.05) is 0 Å². The summed E-state index contributed by atoms with van der Waals surface area (Å²) in [4.78, 5) is 4.71. The quantitative estimate of drug-likeness (QED) is 0.178. The fourth-order valence-corrected chi connectivity index (χ4v) is 5.32. The maximum Gasteiger partial charge on any atom is 0.119 e. The smallest absolute Gasteiger partial charge is 0.119 e. The first kappa shape index (κ1) is 27.5. The van der Waals surface area contributed by atoms with Crippen LogP contribution >= 0.6 is 0 Å². The molecule has 0 bridgehead atoms. The largest absolute Gasteiger partial charge is 0.490 e. The minimum atomic E-state index is 0.654. The molecule has 1 fully saturated rings. The van der Waals surface area contributed by atoms with Crippen molar-refractivity contribution in [1.29, 1.82) is 0 Å². The summed E-state index contributed by atoms with van der Waals surface area (Å²) in [5, 5.41) is 0. The number of nitrogens with zero attached hydrogens (tertiary/aromatic N) is 1. The van der Waals surface area contributed by atoms with Gasteiger partial charge in [0.25, 0.3) is 0 Å². The molecule has 0 N–H and O–H groups in total. The Balaban J connectivity index is 1.33. The predicted molar refractivity (Wildman–Crippen MR) is 151 cm³/mol. The number of allylic oxidation sites excluding steroid dienone is 1. The second-order valence-corrected chi connectivity index (χ2v) is 10.6. The van der Waals surface area contributed by atoms with Crippen LogP contribution in [0.25, 0.3) is 11.3 Å². The monoisotopic (exact) mass is 475 g/mol. The zero-order chi connectivity index (χ0) is 24.6. The number of hydrogen-bond acceptors (Lipinski definition) is 2. The van der Waals surface area contributed by atoms with Gasteiger partial charge in [0.15, 0.2) is 0 Å². The Morgan fingerprint density at radius 2 is 1.51 bits per heavy atom. The molecule has 0 amide bonds. The maximum absolute atomic E-state index is 5.97. The van der Waals surface area contributed by atoms with E-state index in [0.29, 0.717) is 6.61 Å². The van der Waals surface area contributed by atoms with Gasteiger partial charge >= 0.3 is 0 Å². The fourth-order valence-electron chi connectivity index (χ4n) is 5.32. The lowest BCUT2D eigenvalue weighted by molar-refractivity contribution is 0.288. The van der Waals surface area contributed by atoms with Crippen LogP contribution in [0.1, 0.15) is 109 Å². The highest BCUT2D eigenvalue weighted by molar-refractivity contribution is 5.60. The van der Waals surface area contributed by atoms with E-state index in [1.165, 1.54) is 95.5 Å². The molecule has 1 aliphatic rings. The number of pyridine rings is 1. The molecule has 0 aliphatic heterocycles. The van der Waals surface area contributed by atoms with Crippen LogP contribution in [-0.2, 0) is 6.42 Å². The van der Waals surface area contributed by atoms with Crippen molar-refractivity contribution in [3.63, 3.8) is 0 Å². The van der Waals surface area contributed by atoms with E-state index in [4.69, 9.17) is 9.72 Å². The molecule has 192 valence electrons. The van der Waals surface area contributed by atoms with Gasteiger partial charge in [-0.2, -0.15) is 0 Å². The Morgan fingerprint density at radius 3 is 2.23 bits per heavy atom. The Hall–Kier alpha value is -2.09. The van der Waals surface area contributed by atoms with Gasteiger partial charge in [0.1, 0.15) is 12.4 Å². The summed E-state index contributed by atoms with van der Waals surface area (Å²) < 4.78 is 5.97. The van der Waals surface area contributed by atoms with Crippen LogP contribution in [0.4, 0.5) is 0 Å². The standard InChI is InChI=1S/C33H49NO/c1-3-5-7-8-9-11-14-30-20-25-33(34-27-30)31-21-23-32(24-22-31)35-26-12-15-29-18-16-28(17-19-29)13-10-6-4-2/h12,15,20-25,27-29H,3-11,13-14,16-19,26H2,1-2H3. The zero-order valence-corrected chi connectivity index (χ0v) is 22.5. The third-order valence-electron chi connectivity index (χ3n) is 7.66. The van der Waals surface area contributed by atoms with Crippen LogP contribution in [0.3, 0.4) is 0 Å². The van der Waals surface area contributed by atoms with E-state index in [9.17, 15) is 0 Å². The van der Waals surface area contributed by atoms with Crippen LogP contribution < -0.4 is 4.74 Å². The van der Waals surface area contributed by atoms with Crippen molar-refractivity contribution in [1.82, 2.24) is 4.98 Å². The highest BCUT2D eigenvalue weighted by Crippen LogP contribution is 2.32. The van der Waals surface area contributed by atoms with Crippen molar-refractivity contribution in [2.75, 3.05) is 6.61 Å². The Labute approximate surface area is 215 Å². The van der Waals surface area contributed by atoms with E-state index in [-0.39, 0.29) is 0 Å². The molecule has 0 atom stereocenters. The van der Waals surface area contributed by atoms with Crippen molar-refractivity contribution < 1.29 is 4.74 Å². The molecule has 1 saturated carbocycles. The SMILES string of the molecule is CCCCCCCCc1ccc(-c2ccc(OCC=CC3CCC(CCCCC)CC3)cc2)nc1. The van der Waals surface area contributed by atoms with Gasteiger partial charge in [0, 0.05) is 11.8 Å². The third kappa shape index (κ3) is 10.6. The van der Waals surface area contributed by atoms with Crippen LogP contribution in [-0.4, -0.2) is 11.6 Å². The zero-order valence-electron chi connectivity index (χ0n) is 22.5. The van der Waals surface area contributed by atoms with Crippen molar-refractivity contribution in [3.05, 3.63) is 60.3 Å². The normalized spacial score (nSPS) is 18.2. The van der Waals surface area contributed by atoms with Crippen molar-refractivity contribution in [3.8, 4) is 17.0 Å². The summed E-state index contributed by atoms with van der Waals surface area (Å²) in [6.07, 6.45) is 27.0. The van der Waals surface area contributed by atoms with E-state index >= 15 is 0 Å². The average Bonchev–Trinajstić information content (AvgIpc) is 2.90. The van der Waals surface area contributed by atoms with Gasteiger partial charge in [0.05, 0.1) is 5.69 Å². The van der Waals surface area contributed by atoms with E-state index < -0.39 is 0 Å². The molecule has 0 unspecified atom stereocenters. The molecular formula is C33H49NO. The van der Waals surface area contributed by atoms with Crippen LogP contribution in [0.15, 0.2) is 54.7 Å². The molecule has 1 heterocycles. The van der Waals surface area contributed by atoms with Gasteiger partial charge in [-0.25, -0.2) is 0 Å². The molecule has 2 heteroatoms. The topological polar surface area (TPSA) is 22.1 Å². The molecule has 3 rings (SSSR count). The third-order valence-corrected chi connectivity index (χ3v) is 7.66. The van der Waals surface area contributed by atoms with Gasteiger partial charge in [-0.3, -0.25) is 4.98 Å². The number of hydrogen-bond donors (Lipinski definition) is 0. The molecule has 0 saturated heterocycles. The number of aromatic nitrogens is 1. The minimum absolute atomic E-state index is 0.654. The van der Waals surface area contributed by atoms with E-state index in [1.54, 1.807) is 0 Å². The van der Waals surface area contributed by atoms with Crippen molar-refractivity contribution in [2.24, 2.45) is 11.8 Å². The lowest BCUT2D eigenvalue weighted by Gasteiger charge is -2.26. The molecule has 2 nitrogen and oxygen atoms in total. The van der Waals surface area contributed by atoms with Gasteiger partial charge in [-0.15, -0.1) is 0 Å². The van der Waals surface area contributed by atoms with Crippen molar-refractivity contribution in [2.45, 2.75) is 110 Å². The first-order valence-electron chi connectivity index (χ1n) is 14.6. The summed E-state index contributed by atoms with van der Waals surface area (Å²) in [6.45, 7) is 5.22. The van der Waals surface area contributed by atoms with Crippen LogP contribution in [0.2, 0.25) is 0 Å². The Kier molecular flexibility index (Phi) is 13.0. The van der Waals surface area contributed by atoms with Gasteiger partial charge in [-0.05, 0) is 86.3 Å². The first-order chi connectivity index (χ1) is 17.3. The van der Waals surface area contributed by atoms with E-state index in [0.717, 1.165) is 35.3 Å². The lowest BCUT2D eigenvalue weighted by Crippen LogP contribution is -2.13. The molecule has 1 aliphatic carbocycles. The lowest BCUT2D eigenvalue weighted by atomic mass is 9.79. The number of rotatable bonds is 16. The van der Waals surface area contributed by atoms with Crippen LogP contribution in [0, 0.1) is 11.8 Å². The molecule has 1 aromatic carbocycles. The summed E-state index contributed by atoms with van der Waals surface area (Å²) >= 11 is 0. The van der Waals surface area contributed by atoms with Crippen molar-refractivity contribution >= 4 is 0 Å². The Bertz CT molecular complexity index is 815. The molecule has 35 heavy (non-hydrogen) atoms. The summed E-state index contributed by atoms with van der Waals surface area (Å²) in [7, 11) is 0. The first-order valence-corrected chi connectivity index (χ1v) is 14.6. The number of benzene rings is 1. The molecule has 0 radical (unpaired) electrons. The highest BCUT2D eigenvalue weighted by Gasteiger charge is 2.18. The Morgan fingerprint density at radius 1 is 0.800 bits per heavy atom. The van der Waals surface area contributed by atoms with Gasteiger partial charge < -0.3 is 4.74 Å². The predicted octanol–water partition coefficient (Wildman–Crippen LogP) is 9.97. The fraction of sp³-hybridized carbons (Fsp3) is 0.606. The number of unbranched alkanes of at least 4 members (excludes halogenated alkanes) is 7. The average molecular weight is 476 g/mol. The molecule has 2 aromatic rings. The molecule has 0 spiro atoms. The van der Waals surface area contributed by atoms with Gasteiger partial charge in [0.2, 0.25) is 0 Å². The van der Waals surface area contributed by atoms with Gasteiger partial charge in [-0.1, -0.05) is 89.9 Å². The summed E-state index contributed by atoms with van der Waals surface area (Å²) in [5.41, 5.74) is 3.53. The summed E-state index contributed by atoms with van der Waals surface area (Å²) in [6, 6.07) is 12.8. The number of aryl methyl sites for hydroxylation is 1. The maximum atomic E-state index is 5.97. The molecule has 1 aromatic heterocycles. The second kappa shape index (κ2) is 16.6.